The Morgan fingerprint density at radius 2 is 2.00 bits per heavy atom. The lowest BCUT2D eigenvalue weighted by molar-refractivity contribution is -0.124. The van der Waals surface area contributed by atoms with E-state index in [1.165, 1.54) is 0 Å². The van der Waals surface area contributed by atoms with Crippen LogP contribution in [-0.4, -0.2) is 19.1 Å². The molecule has 1 aliphatic carbocycles. The predicted octanol–water partition coefficient (Wildman–Crippen LogP) is 1.78. The number of amides is 1. The van der Waals surface area contributed by atoms with E-state index in [1.807, 2.05) is 38.1 Å². The van der Waals surface area contributed by atoms with Gasteiger partial charge in [0.25, 0.3) is 0 Å². The minimum absolute atomic E-state index is 0.0848. The number of methoxy groups -OCH3 is 1. The van der Waals surface area contributed by atoms with Crippen LogP contribution in [0.4, 0.5) is 0 Å². The number of carbonyl (C=O) groups excluding carboxylic acids is 1. The van der Waals surface area contributed by atoms with Crippen LogP contribution in [0.15, 0.2) is 24.3 Å². The quantitative estimate of drug-likeness (QED) is 0.850. The largest absolute Gasteiger partial charge is 0.496 e. The molecule has 1 atom stereocenters. The second-order valence-corrected chi connectivity index (χ2v) is 5.54. The summed E-state index contributed by atoms with van der Waals surface area (Å²) in [5.74, 6) is 0.866. The zero-order valence-electron chi connectivity index (χ0n) is 11.8. The number of para-hydroxylation sites is 1. The van der Waals surface area contributed by atoms with Crippen LogP contribution in [0.2, 0.25) is 0 Å². The molecule has 1 aromatic carbocycles. The SMILES string of the molecule is COc1ccccc1C1(NC(=O)C(N)C(C)C)CC1. The van der Waals surface area contributed by atoms with Crippen LogP contribution in [0.1, 0.15) is 32.3 Å². The molecule has 2 rings (SSSR count). The van der Waals surface area contributed by atoms with Gasteiger partial charge in [0.2, 0.25) is 5.91 Å². The van der Waals surface area contributed by atoms with Gasteiger partial charge in [-0.1, -0.05) is 32.0 Å². The second-order valence-electron chi connectivity index (χ2n) is 5.54. The maximum Gasteiger partial charge on any atom is 0.237 e. The first-order chi connectivity index (χ1) is 9.00. The van der Waals surface area contributed by atoms with E-state index in [0.29, 0.717) is 0 Å². The van der Waals surface area contributed by atoms with E-state index in [9.17, 15) is 4.79 Å². The number of nitrogens with one attached hydrogen (secondary N) is 1. The molecule has 0 spiro atoms. The first kappa shape index (κ1) is 13.9. The van der Waals surface area contributed by atoms with Crippen LogP contribution in [0.5, 0.6) is 5.75 Å². The predicted molar refractivity (Wildman–Crippen MR) is 74.9 cm³/mol. The van der Waals surface area contributed by atoms with Crippen molar-refractivity contribution in [1.82, 2.24) is 5.32 Å². The van der Waals surface area contributed by atoms with Gasteiger partial charge in [0.05, 0.1) is 18.7 Å². The third kappa shape index (κ3) is 2.73. The van der Waals surface area contributed by atoms with Crippen molar-refractivity contribution in [1.29, 1.82) is 0 Å². The van der Waals surface area contributed by atoms with E-state index in [4.69, 9.17) is 10.5 Å². The van der Waals surface area contributed by atoms with Gasteiger partial charge < -0.3 is 15.8 Å². The van der Waals surface area contributed by atoms with Crippen molar-refractivity contribution in [3.05, 3.63) is 29.8 Å². The highest BCUT2D eigenvalue weighted by Crippen LogP contribution is 2.48. The highest BCUT2D eigenvalue weighted by atomic mass is 16.5. The van der Waals surface area contributed by atoms with Crippen LogP contribution in [-0.2, 0) is 10.3 Å². The van der Waals surface area contributed by atoms with E-state index >= 15 is 0 Å². The van der Waals surface area contributed by atoms with E-state index in [1.54, 1.807) is 7.11 Å². The van der Waals surface area contributed by atoms with E-state index in [2.05, 4.69) is 5.32 Å². The molecule has 4 nitrogen and oxygen atoms in total. The summed E-state index contributed by atoms with van der Waals surface area (Å²) in [4.78, 5) is 12.1. The minimum Gasteiger partial charge on any atom is -0.496 e. The molecule has 0 aromatic heterocycles. The van der Waals surface area contributed by atoms with Crippen molar-refractivity contribution in [2.24, 2.45) is 11.7 Å². The molecule has 1 unspecified atom stereocenters. The first-order valence-electron chi connectivity index (χ1n) is 6.71. The number of carbonyl (C=O) groups is 1. The van der Waals surface area contributed by atoms with Crippen molar-refractivity contribution >= 4 is 5.91 Å². The smallest absolute Gasteiger partial charge is 0.237 e. The van der Waals surface area contributed by atoms with Crippen molar-refractivity contribution in [3.63, 3.8) is 0 Å². The van der Waals surface area contributed by atoms with Crippen molar-refractivity contribution in [3.8, 4) is 5.75 Å². The van der Waals surface area contributed by atoms with Gasteiger partial charge in [-0.3, -0.25) is 4.79 Å². The lowest BCUT2D eigenvalue weighted by atomic mass is 10.0. The minimum atomic E-state index is -0.466. The Morgan fingerprint density at radius 3 is 2.53 bits per heavy atom. The fraction of sp³-hybridized carbons (Fsp3) is 0.533. The Kier molecular flexibility index (Phi) is 3.80. The topological polar surface area (TPSA) is 64.3 Å². The summed E-state index contributed by atoms with van der Waals surface area (Å²) in [5, 5.41) is 3.10. The maximum atomic E-state index is 12.1. The van der Waals surface area contributed by atoms with Gasteiger partial charge in [-0.2, -0.15) is 0 Å². The normalized spacial score (nSPS) is 17.9. The average molecular weight is 262 g/mol. The van der Waals surface area contributed by atoms with Crippen molar-refractivity contribution < 1.29 is 9.53 Å². The maximum absolute atomic E-state index is 12.1. The number of nitrogens with two attached hydrogens (primary N) is 1. The van der Waals surface area contributed by atoms with Gasteiger partial charge in [0, 0.05) is 5.56 Å². The molecule has 104 valence electrons. The summed E-state index contributed by atoms with van der Waals surface area (Å²) in [6, 6.07) is 7.36. The zero-order valence-corrected chi connectivity index (χ0v) is 11.8. The van der Waals surface area contributed by atoms with E-state index < -0.39 is 6.04 Å². The van der Waals surface area contributed by atoms with Crippen molar-refractivity contribution in [2.45, 2.75) is 38.3 Å². The van der Waals surface area contributed by atoms with E-state index in [0.717, 1.165) is 24.2 Å². The molecule has 3 N–H and O–H groups in total. The molecular formula is C15H22N2O2. The Morgan fingerprint density at radius 1 is 1.37 bits per heavy atom. The monoisotopic (exact) mass is 262 g/mol. The molecule has 1 aromatic rings. The Bertz CT molecular complexity index is 467. The standard InChI is InChI=1S/C15H22N2O2/c1-10(2)13(16)14(18)17-15(8-9-15)11-6-4-5-7-12(11)19-3/h4-7,10,13H,8-9,16H2,1-3H3,(H,17,18). The highest BCUT2D eigenvalue weighted by molar-refractivity contribution is 5.83. The summed E-state index contributed by atoms with van der Waals surface area (Å²) in [5.41, 5.74) is 6.66. The molecule has 1 aliphatic rings. The Balaban J connectivity index is 2.18. The number of benzene rings is 1. The Labute approximate surface area is 114 Å². The van der Waals surface area contributed by atoms with Gasteiger partial charge in [0.1, 0.15) is 5.75 Å². The van der Waals surface area contributed by atoms with Crippen LogP contribution in [0.25, 0.3) is 0 Å². The lowest BCUT2D eigenvalue weighted by Gasteiger charge is -2.23. The summed E-state index contributed by atoms with van der Waals surface area (Å²) < 4.78 is 5.38. The molecule has 0 bridgehead atoms. The number of hydrogen-bond acceptors (Lipinski definition) is 3. The number of hydrogen-bond donors (Lipinski definition) is 2. The van der Waals surface area contributed by atoms with Gasteiger partial charge in [-0.15, -0.1) is 0 Å². The molecule has 1 amide bonds. The van der Waals surface area contributed by atoms with Gasteiger partial charge in [0.15, 0.2) is 0 Å². The van der Waals surface area contributed by atoms with Gasteiger partial charge in [-0.25, -0.2) is 0 Å². The molecule has 0 radical (unpaired) electrons. The van der Waals surface area contributed by atoms with Crippen LogP contribution < -0.4 is 15.8 Å². The van der Waals surface area contributed by atoms with Gasteiger partial charge in [-0.05, 0) is 24.8 Å². The second kappa shape index (κ2) is 5.21. The molecule has 4 heteroatoms. The van der Waals surface area contributed by atoms with Crippen LogP contribution in [0, 0.1) is 5.92 Å². The van der Waals surface area contributed by atoms with Gasteiger partial charge >= 0.3 is 0 Å². The molecule has 19 heavy (non-hydrogen) atoms. The van der Waals surface area contributed by atoms with Crippen molar-refractivity contribution in [2.75, 3.05) is 7.11 Å². The lowest BCUT2D eigenvalue weighted by Crippen LogP contribution is -2.48. The highest BCUT2D eigenvalue weighted by Gasteiger charge is 2.48. The fourth-order valence-corrected chi connectivity index (χ4v) is 2.25. The third-order valence-electron chi connectivity index (χ3n) is 3.76. The summed E-state index contributed by atoms with van der Waals surface area (Å²) in [7, 11) is 1.65. The van der Waals surface area contributed by atoms with Crippen LogP contribution in [0.3, 0.4) is 0 Å². The third-order valence-corrected chi connectivity index (χ3v) is 3.76. The Hall–Kier alpha value is -1.55. The molecular weight excluding hydrogens is 240 g/mol. The summed E-state index contributed by atoms with van der Waals surface area (Å²) in [6.45, 7) is 3.90. The molecule has 0 aliphatic heterocycles. The first-order valence-corrected chi connectivity index (χ1v) is 6.71. The summed E-state index contributed by atoms with van der Waals surface area (Å²) in [6.07, 6.45) is 1.87. The molecule has 1 fully saturated rings. The average Bonchev–Trinajstić information content (AvgIpc) is 3.18. The summed E-state index contributed by atoms with van der Waals surface area (Å²) >= 11 is 0. The molecule has 0 heterocycles. The fourth-order valence-electron chi connectivity index (χ4n) is 2.25. The molecule has 0 saturated heterocycles. The van der Waals surface area contributed by atoms with Crippen LogP contribution >= 0.6 is 0 Å². The van der Waals surface area contributed by atoms with E-state index in [-0.39, 0.29) is 17.4 Å². The zero-order chi connectivity index (χ0) is 14.0. The molecule has 1 saturated carbocycles. The number of ether oxygens (including phenoxy) is 1. The number of rotatable bonds is 5.